The molecule has 4 N–H and O–H groups in total. The molecule has 7 heteroatoms. The van der Waals surface area contributed by atoms with Crippen molar-refractivity contribution in [1.29, 1.82) is 0 Å². The zero-order valence-corrected chi connectivity index (χ0v) is 11.7. The number of aromatic carboxylic acids is 1. The summed E-state index contributed by atoms with van der Waals surface area (Å²) in [6.45, 7) is 3.74. The lowest BCUT2D eigenvalue weighted by molar-refractivity contribution is -0.119. The van der Waals surface area contributed by atoms with Crippen LogP contribution in [0.3, 0.4) is 0 Å². The van der Waals surface area contributed by atoms with E-state index in [0.29, 0.717) is 16.7 Å². The van der Waals surface area contributed by atoms with Crippen LogP contribution < -0.4 is 11.1 Å². The lowest BCUT2D eigenvalue weighted by Crippen LogP contribution is -2.39. The number of hydrogen-bond donors (Lipinski definition) is 3. The number of anilines is 1. The van der Waals surface area contributed by atoms with Gasteiger partial charge in [-0.05, 0) is 24.1 Å². The van der Waals surface area contributed by atoms with Crippen LogP contribution in [-0.4, -0.2) is 33.0 Å². The second-order valence-corrected chi connectivity index (χ2v) is 5.03. The third-order valence-electron chi connectivity index (χ3n) is 3.15. The largest absolute Gasteiger partial charge is 0.478 e. The quantitative estimate of drug-likeness (QED) is 0.762. The Morgan fingerprint density at radius 3 is 2.57 bits per heavy atom. The zero-order chi connectivity index (χ0) is 15.6. The van der Waals surface area contributed by atoms with E-state index in [0.717, 1.165) is 0 Å². The molecule has 1 aromatic heterocycles. The van der Waals surface area contributed by atoms with E-state index >= 15 is 0 Å². The van der Waals surface area contributed by atoms with Gasteiger partial charge in [0.1, 0.15) is 18.2 Å². The molecule has 0 aliphatic rings. The molecule has 0 saturated carbocycles. The second kappa shape index (κ2) is 5.74. The predicted molar refractivity (Wildman–Crippen MR) is 77.9 cm³/mol. The Balaban J connectivity index is 2.45. The van der Waals surface area contributed by atoms with E-state index in [4.69, 9.17) is 10.8 Å². The van der Waals surface area contributed by atoms with Crippen molar-refractivity contribution in [3.05, 3.63) is 30.1 Å². The van der Waals surface area contributed by atoms with Gasteiger partial charge in [0, 0.05) is 5.39 Å². The molecule has 1 amide bonds. The first-order chi connectivity index (χ1) is 9.90. The van der Waals surface area contributed by atoms with Crippen molar-refractivity contribution >= 4 is 28.6 Å². The third kappa shape index (κ3) is 3.07. The van der Waals surface area contributed by atoms with E-state index in [2.05, 4.69) is 15.3 Å². The van der Waals surface area contributed by atoms with Gasteiger partial charge in [-0.25, -0.2) is 14.8 Å². The van der Waals surface area contributed by atoms with E-state index in [1.165, 1.54) is 18.5 Å². The van der Waals surface area contributed by atoms with Crippen LogP contribution in [0.1, 0.15) is 24.2 Å². The van der Waals surface area contributed by atoms with Gasteiger partial charge in [-0.2, -0.15) is 0 Å². The van der Waals surface area contributed by atoms with E-state index in [9.17, 15) is 9.59 Å². The average Bonchev–Trinajstić information content (AvgIpc) is 2.43. The van der Waals surface area contributed by atoms with Crippen LogP contribution in [0.4, 0.5) is 5.82 Å². The van der Waals surface area contributed by atoms with Crippen LogP contribution >= 0.6 is 0 Å². The van der Waals surface area contributed by atoms with Crippen LogP contribution in [0.5, 0.6) is 0 Å². The Morgan fingerprint density at radius 1 is 1.29 bits per heavy atom. The number of aromatic nitrogens is 2. The van der Waals surface area contributed by atoms with E-state index in [1.54, 1.807) is 6.07 Å². The lowest BCUT2D eigenvalue weighted by Gasteiger charge is -2.20. The predicted octanol–water partition coefficient (Wildman–Crippen LogP) is 1.25. The van der Waals surface area contributed by atoms with Crippen LogP contribution in [-0.2, 0) is 4.79 Å². The first-order valence-corrected chi connectivity index (χ1v) is 6.44. The molecule has 0 aliphatic carbocycles. The summed E-state index contributed by atoms with van der Waals surface area (Å²) < 4.78 is 0. The summed E-state index contributed by atoms with van der Waals surface area (Å²) in [5.74, 6) is -1.05. The number of hydrogen-bond acceptors (Lipinski definition) is 5. The van der Waals surface area contributed by atoms with Crippen LogP contribution in [0.25, 0.3) is 10.9 Å². The van der Waals surface area contributed by atoms with Crippen molar-refractivity contribution < 1.29 is 14.7 Å². The number of carbonyl (C=O) groups excluding carboxylic acids is 1. The maximum Gasteiger partial charge on any atom is 0.335 e. The highest BCUT2D eigenvalue weighted by Crippen LogP contribution is 2.22. The molecule has 0 spiro atoms. The number of fused-ring (bicyclic) bond motifs is 1. The Bertz CT molecular complexity index is 700. The Hall–Kier alpha value is -2.70. The van der Waals surface area contributed by atoms with Gasteiger partial charge in [0.2, 0.25) is 5.91 Å². The molecule has 0 fully saturated rings. The maximum atomic E-state index is 11.5. The molecular weight excluding hydrogens is 272 g/mol. The van der Waals surface area contributed by atoms with Crippen LogP contribution in [0.15, 0.2) is 24.5 Å². The number of amides is 1. The first-order valence-electron chi connectivity index (χ1n) is 6.44. The minimum Gasteiger partial charge on any atom is -0.478 e. The average molecular weight is 288 g/mol. The van der Waals surface area contributed by atoms with Crippen molar-refractivity contribution in [3.8, 4) is 0 Å². The fraction of sp³-hybridized carbons (Fsp3) is 0.286. The monoisotopic (exact) mass is 288 g/mol. The van der Waals surface area contributed by atoms with Gasteiger partial charge in [-0.3, -0.25) is 4.79 Å². The number of carboxylic acid groups (broad SMARTS) is 1. The highest BCUT2D eigenvalue weighted by Gasteiger charge is 2.20. The van der Waals surface area contributed by atoms with Gasteiger partial charge >= 0.3 is 5.97 Å². The number of benzene rings is 1. The van der Waals surface area contributed by atoms with E-state index in [1.807, 2.05) is 13.8 Å². The number of nitrogens with two attached hydrogens (primary N) is 1. The SMILES string of the molecule is CC(C)C(Nc1ncnc2cc(C(=O)O)ccc12)C(N)=O. The molecule has 1 atom stereocenters. The van der Waals surface area contributed by atoms with E-state index < -0.39 is 17.9 Å². The molecule has 1 heterocycles. The van der Waals surface area contributed by atoms with Gasteiger partial charge in [0.05, 0.1) is 11.1 Å². The molecular formula is C14H16N4O3. The molecule has 2 rings (SSSR count). The smallest absolute Gasteiger partial charge is 0.335 e. The number of carboxylic acids is 1. The summed E-state index contributed by atoms with van der Waals surface area (Å²) in [7, 11) is 0. The van der Waals surface area contributed by atoms with Gasteiger partial charge < -0.3 is 16.2 Å². The summed E-state index contributed by atoms with van der Waals surface area (Å²) >= 11 is 0. The van der Waals surface area contributed by atoms with Crippen molar-refractivity contribution in [1.82, 2.24) is 9.97 Å². The zero-order valence-electron chi connectivity index (χ0n) is 11.7. The maximum absolute atomic E-state index is 11.5. The van der Waals surface area contributed by atoms with Gasteiger partial charge in [-0.15, -0.1) is 0 Å². The summed E-state index contributed by atoms with van der Waals surface area (Å²) in [5, 5.41) is 12.6. The number of carbonyl (C=O) groups is 2. The lowest BCUT2D eigenvalue weighted by atomic mass is 10.0. The van der Waals surface area contributed by atoms with Crippen molar-refractivity contribution in [2.75, 3.05) is 5.32 Å². The molecule has 0 bridgehead atoms. The minimum absolute atomic E-state index is 0.00851. The third-order valence-corrected chi connectivity index (χ3v) is 3.15. The van der Waals surface area contributed by atoms with E-state index in [-0.39, 0.29) is 11.5 Å². The Morgan fingerprint density at radius 2 is 2.00 bits per heavy atom. The highest BCUT2D eigenvalue weighted by atomic mass is 16.4. The molecule has 0 radical (unpaired) electrons. The standard InChI is InChI=1S/C14H16N4O3/c1-7(2)11(12(15)19)18-13-9-4-3-8(14(20)21)5-10(9)16-6-17-13/h3-7,11H,1-2H3,(H2,15,19)(H,20,21)(H,16,17,18). The van der Waals surface area contributed by atoms with Crippen LogP contribution in [0.2, 0.25) is 0 Å². The number of rotatable bonds is 5. The molecule has 7 nitrogen and oxygen atoms in total. The first kappa shape index (κ1) is 14.7. The molecule has 1 unspecified atom stereocenters. The summed E-state index contributed by atoms with van der Waals surface area (Å²) in [6.07, 6.45) is 1.31. The Kier molecular flexibility index (Phi) is 4.02. The Labute approximate surface area is 121 Å². The summed E-state index contributed by atoms with van der Waals surface area (Å²) in [4.78, 5) is 30.6. The molecule has 21 heavy (non-hydrogen) atoms. The van der Waals surface area contributed by atoms with Crippen molar-refractivity contribution in [2.45, 2.75) is 19.9 Å². The highest BCUT2D eigenvalue weighted by molar-refractivity contribution is 5.97. The molecule has 1 aromatic carbocycles. The van der Waals surface area contributed by atoms with Gasteiger partial charge in [0.25, 0.3) is 0 Å². The van der Waals surface area contributed by atoms with Gasteiger partial charge in [-0.1, -0.05) is 13.8 Å². The summed E-state index contributed by atoms with van der Waals surface area (Å²) in [6, 6.07) is 3.97. The van der Waals surface area contributed by atoms with Gasteiger partial charge in [0.15, 0.2) is 0 Å². The molecule has 110 valence electrons. The normalized spacial score (nSPS) is 12.3. The number of nitrogens with zero attached hydrogens (tertiary/aromatic N) is 2. The van der Waals surface area contributed by atoms with Crippen molar-refractivity contribution in [2.24, 2.45) is 11.7 Å². The fourth-order valence-electron chi connectivity index (χ4n) is 2.02. The molecule has 2 aromatic rings. The number of nitrogens with one attached hydrogen (secondary N) is 1. The second-order valence-electron chi connectivity index (χ2n) is 5.03. The van der Waals surface area contributed by atoms with Crippen molar-refractivity contribution in [3.63, 3.8) is 0 Å². The molecule has 0 aliphatic heterocycles. The minimum atomic E-state index is -1.03. The van der Waals surface area contributed by atoms with Crippen LogP contribution in [0, 0.1) is 5.92 Å². The molecule has 0 saturated heterocycles. The number of primary amides is 1. The fourth-order valence-corrected chi connectivity index (χ4v) is 2.02. The summed E-state index contributed by atoms with van der Waals surface area (Å²) in [5.41, 5.74) is 6.00. The topological polar surface area (TPSA) is 118 Å².